The maximum absolute atomic E-state index is 14.0. The summed E-state index contributed by atoms with van der Waals surface area (Å²) >= 11 is 0. The fraction of sp³-hybridized carbons (Fsp3) is 0.562. The molecule has 2 N–H and O–H groups in total. The SMILES string of the molecule is CC(C)CN(C[C@@H](O)[C@H](Cc1ccccc1)NC(=O)OC1C2COC3OC[C@H]1CC32)S(=O)(=O)c1ccc2c(c1)CN(C)C2=O. The van der Waals surface area contributed by atoms with Crippen molar-refractivity contribution < 1.29 is 37.3 Å². The molecule has 1 saturated carbocycles. The molecule has 2 saturated heterocycles. The third kappa shape index (κ3) is 6.10. The Morgan fingerprint density at radius 2 is 1.86 bits per heavy atom. The number of fused-ring (bicyclic) bond motifs is 2. The average molecular weight is 628 g/mol. The molecule has 3 heterocycles. The van der Waals surface area contributed by atoms with Crippen LogP contribution in [0.25, 0.3) is 0 Å². The zero-order valence-corrected chi connectivity index (χ0v) is 26.1. The quantitative estimate of drug-likeness (QED) is 0.389. The summed E-state index contributed by atoms with van der Waals surface area (Å²) in [6.45, 7) is 5.01. The predicted molar refractivity (Wildman–Crippen MR) is 160 cm³/mol. The third-order valence-corrected chi connectivity index (χ3v) is 11.1. The zero-order valence-electron chi connectivity index (χ0n) is 25.3. The lowest BCUT2D eigenvalue weighted by molar-refractivity contribution is -0.169. The molecule has 0 aromatic heterocycles. The second-order valence-corrected chi connectivity index (χ2v) is 14.9. The molecule has 0 spiro atoms. The number of nitrogens with zero attached hydrogens (tertiary/aromatic N) is 2. The molecule has 3 aliphatic heterocycles. The first-order valence-electron chi connectivity index (χ1n) is 15.3. The number of amides is 2. The van der Waals surface area contributed by atoms with Gasteiger partial charge in [-0.3, -0.25) is 4.79 Å². The molecule has 2 amide bonds. The second kappa shape index (κ2) is 12.4. The number of carbonyl (C=O) groups is 2. The highest BCUT2D eigenvalue weighted by molar-refractivity contribution is 7.89. The van der Waals surface area contributed by atoms with Gasteiger partial charge >= 0.3 is 6.09 Å². The molecule has 12 heteroatoms. The van der Waals surface area contributed by atoms with Crippen LogP contribution in [0.3, 0.4) is 0 Å². The molecule has 2 bridgehead atoms. The molecule has 4 aliphatic rings. The molecule has 3 fully saturated rings. The molecule has 11 nitrogen and oxygen atoms in total. The number of aliphatic hydroxyl groups excluding tert-OH is 1. The number of hydrogen-bond donors (Lipinski definition) is 2. The van der Waals surface area contributed by atoms with Gasteiger partial charge in [0.25, 0.3) is 5.91 Å². The third-order valence-electron chi connectivity index (χ3n) is 9.26. The van der Waals surface area contributed by atoms with Crippen molar-refractivity contribution in [2.45, 2.75) is 62.7 Å². The van der Waals surface area contributed by atoms with E-state index in [0.29, 0.717) is 30.9 Å². The molecule has 2 aromatic carbocycles. The lowest BCUT2D eigenvalue weighted by Gasteiger charge is -2.31. The number of nitrogens with one attached hydrogen (secondary N) is 1. The van der Waals surface area contributed by atoms with Gasteiger partial charge < -0.3 is 29.5 Å². The zero-order chi connectivity index (χ0) is 31.2. The first-order valence-corrected chi connectivity index (χ1v) is 16.8. The van der Waals surface area contributed by atoms with Gasteiger partial charge in [0.15, 0.2) is 6.29 Å². The van der Waals surface area contributed by atoms with Gasteiger partial charge in [-0.1, -0.05) is 44.2 Å². The smallest absolute Gasteiger partial charge is 0.407 e. The van der Waals surface area contributed by atoms with Crippen LogP contribution in [0.2, 0.25) is 0 Å². The van der Waals surface area contributed by atoms with E-state index in [-0.39, 0.29) is 66.4 Å². The second-order valence-electron chi connectivity index (χ2n) is 12.9. The van der Waals surface area contributed by atoms with E-state index in [0.717, 1.165) is 12.0 Å². The van der Waals surface area contributed by atoms with Crippen molar-refractivity contribution in [2.75, 3.05) is 33.4 Å². The summed E-state index contributed by atoms with van der Waals surface area (Å²) in [4.78, 5) is 27.3. The molecule has 44 heavy (non-hydrogen) atoms. The predicted octanol–water partition coefficient (Wildman–Crippen LogP) is 2.62. The summed E-state index contributed by atoms with van der Waals surface area (Å²) in [5, 5.41) is 14.5. The number of carbonyl (C=O) groups excluding carboxylic acids is 2. The summed E-state index contributed by atoms with van der Waals surface area (Å²) in [5.41, 5.74) is 2.01. The Hall–Kier alpha value is -3.03. The van der Waals surface area contributed by atoms with Crippen LogP contribution >= 0.6 is 0 Å². The fourth-order valence-electron chi connectivity index (χ4n) is 7.08. The lowest BCUT2D eigenvalue weighted by Crippen LogP contribution is -2.52. The number of aliphatic hydroxyl groups is 1. The molecule has 7 atom stereocenters. The van der Waals surface area contributed by atoms with E-state index in [2.05, 4.69) is 5.32 Å². The number of alkyl carbamates (subject to hydrolysis) is 1. The van der Waals surface area contributed by atoms with Crippen molar-refractivity contribution in [2.24, 2.45) is 23.7 Å². The first kappa shape index (κ1) is 31.0. The van der Waals surface area contributed by atoms with E-state index in [9.17, 15) is 23.1 Å². The minimum Gasteiger partial charge on any atom is -0.445 e. The minimum absolute atomic E-state index is 0.0361. The molecule has 0 radical (unpaired) electrons. The Labute approximate surface area is 258 Å². The van der Waals surface area contributed by atoms with Crippen molar-refractivity contribution in [3.05, 3.63) is 65.2 Å². The van der Waals surface area contributed by atoms with Crippen LogP contribution in [0.5, 0.6) is 0 Å². The maximum Gasteiger partial charge on any atom is 0.407 e. The number of rotatable bonds is 11. The van der Waals surface area contributed by atoms with Crippen molar-refractivity contribution in [3.63, 3.8) is 0 Å². The van der Waals surface area contributed by atoms with Crippen LogP contribution in [-0.2, 0) is 37.2 Å². The number of benzene rings is 2. The van der Waals surface area contributed by atoms with E-state index in [1.54, 1.807) is 24.1 Å². The standard InChI is InChI=1S/C32H41N3O8S/c1-19(2)14-35(44(39,40)23-9-10-24-21(12-23)15-34(3)30(24)37)16-28(36)27(11-20-7-5-4-6-8-20)33-32(38)43-29-22-13-25-26(29)18-42-31(25)41-17-22/h4-10,12,19,22,25-29,31,36H,11,13-18H2,1-3H3,(H,33,38)/t22-,25?,26?,27+,28-,29?,31?/m1/s1. The summed E-state index contributed by atoms with van der Waals surface area (Å²) in [7, 11) is -2.37. The summed E-state index contributed by atoms with van der Waals surface area (Å²) in [5.74, 6) is 0.206. The normalized spacial score (nSPS) is 27.1. The van der Waals surface area contributed by atoms with Gasteiger partial charge in [-0.15, -0.1) is 0 Å². The Bertz CT molecular complexity index is 1490. The van der Waals surface area contributed by atoms with Gasteiger partial charge in [0.1, 0.15) is 6.10 Å². The summed E-state index contributed by atoms with van der Waals surface area (Å²) < 4.78 is 46.7. The van der Waals surface area contributed by atoms with Crippen LogP contribution in [0.15, 0.2) is 53.4 Å². The summed E-state index contributed by atoms with van der Waals surface area (Å²) in [6, 6.07) is 13.1. The number of sulfonamides is 1. The van der Waals surface area contributed by atoms with Crippen molar-refractivity contribution in [3.8, 4) is 0 Å². The van der Waals surface area contributed by atoms with E-state index in [4.69, 9.17) is 14.2 Å². The van der Waals surface area contributed by atoms with E-state index >= 15 is 0 Å². The molecule has 1 aliphatic carbocycles. The Balaban J connectivity index is 1.21. The number of hydrogen-bond acceptors (Lipinski definition) is 8. The molecule has 4 unspecified atom stereocenters. The van der Waals surface area contributed by atoms with Crippen LogP contribution in [0.4, 0.5) is 4.79 Å². The highest BCUT2D eigenvalue weighted by Crippen LogP contribution is 2.49. The molecular weight excluding hydrogens is 586 g/mol. The van der Waals surface area contributed by atoms with Gasteiger partial charge in [0, 0.05) is 50.0 Å². The van der Waals surface area contributed by atoms with Gasteiger partial charge in [-0.05, 0) is 48.1 Å². The van der Waals surface area contributed by atoms with Crippen LogP contribution < -0.4 is 5.32 Å². The molecule has 2 aromatic rings. The first-order chi connectivity index (χ1) is 21.0. The van der Waals surface area contributed by atoms with E-state index in [1.807, 2.05) is 44.2 Å². The van der Waals surface area contributed by atoms with Gasteiger partial charge in [0.05, 0.1) is 30.3 Å². The molecule has 6 rings (SSSR count). The summed E-state index contributed by atoms with van der Waals surface area (Å²) in [6.07, 6.45) is -1.32. The highest BCUT2D eigenvalue weighted by atomic mass is 32.2. The van der Waals surface area contributed by atoms with Gasteiger partial charge in [-0.2, -0.15) is 4.31 Å². The number of ether oxygens (including phenoxy) is 3. The maximum atomic E-state index is 14.0. The fourth-order valence-corrected chi connectivity index (χ4v) is 8.75. The van der Waals surface area contributed by atoms with E-state index < -0.39 is 28.3 Å². The van der Waals surface area contributed by atoms with Crippen molar-refractivity contribution in [1.82, 2.24) is 14.5 Å². The Kier molecular flexibility index (Phi) is 8.73. The Morgan fingerprint density at radius 1 is 1.11 bits per heavy atom. The Morgan fingerprint density at radius 3 is 2.61 bits per heavy atom. The topological polar surface area (TPSA) is 135 Å². The highest BCUT2D eigenvalue weighted by Gasteiger charge is 2.56. The van der Waals surface area contributed by atoms with Crippen molar-refractivity contribution in [1.29, 1.82) is 0 Å². The largest absolute Gasteiger partial charge is 0.445 e. The van der Waals surface area contributed by atoms with E-state index in [1.165, 1.54) is 10.4 Å². The van der Waals surface area contributed by atoms with Crippen LogP contribution in [-0.4, -0.2) is 92.6 Å². The van der Waals surface area contributed by atoms with Gasteiger partial charge in [0.2, 0.25) is 10.0 Å². The van der Waals surface area contributed by atoms with Gasteiger partial charge in [-0.25, -0.2) is 13.2 Å². The minimum atomic E-state index is -4.05. The van der Waals surface area contributed by atoms with Crippen molar-refractivity contribution >= 4 is 22.0 Å². The van der Waals surface area contributed by atoms with Crippen LogP contribution in [0, 0.1) is 23.7 Å². The molecule has 238 valence electrons. The average Bonchev–Trinajstić information content (AvgIpc) is 3.62. The molecular formula is C32H41N3O8S. The van der Waals surface area contributed by atoms with Crippen LogP contribution in [0.1, 0.15) is 41.8 Å². The monoisotopic (exact) mass is 627 g/mol. The lowest BCUT2D eigenvalue weighted by atomic mass is 9.98.